The summed E-state index contributed by atoms with van der Waals surface area (Å²) in [6.45, 7) is 3.99. The summed E-state index contributed by atoms with van der Waals surface area (Å²) in [5.74, 6) is -0.953. The molecule has 0 aromatic heterocycles. The minimum atomic E-state index is -0.953. The van der Waals surface area contributed by atoms with E-state index in [4.69, 9.17) is 10.8 Å². The second kappa shape index (κ2) is 4.24. The zero-order valence-electron chi connectivity index (χ0n) is 8.45. The lowest BCUT2D eigenvalue weighted by Gasteiger charge is -2.10. The van der Waals surface area contributed by atoms with Crippen LogP contribution >= 0.6 is 0 Å². The number of carboxylic acids is 1. The first-order valence-corrected chi connectivity index (χ1v) is 4.56. The van der Waals surface area contributed by atoms with Gasteiger partial charge < -0.3 is 10.8 Å². The number of nitrogens with two attached hydrogens (primary N) is 1. The summed E-state index contributed by atoms with van der Waals surface area (Å²) in [5.41, 5.74) is 8.78. The number of aryl methyl sites for hydroxylation is 1. The lowest BCUT2D eigenvalue weighted by Crippen LogP contribution is -2.32. The molecule has 0 aliphatic rings. The number of carboxylic acid groups (broad SMARTS) is 1. The molecule has 0 bridgehead atoms. The lowest BCUT2D eigenvalue weighted by atomic mass is 9.98. The Morgan fingerprint density at radius 1 is 1.50 bits per heavy atom. The Balaban J connectivity index is 2.87. The van der Waals surface area contributed by atoms with E-state index in [9.17, 15) is 4.79 Å². The number of carbonyl (C=O) groups is 1. The summed E-state index contributed by atoms with van der Waals surface area (Å²) in [5, 5.41) is 8.68. The number of rotatable bonds is 3. The SMILES string of the molecule is Cc1cccc(C[C@H](N)C(=O)O)c1C. The molecular weight excluding hydrogens is 178 g/mol. The van der Waals surface area contributed by atoms with Crippen LogP contribution in [0.25, 0.3) is 0 Å². The van der Waals surface area contributed by atoms with Crippen LogP contribution in [0.15, 0.2) is 18.2 Å². The van der Waals surface area contributed by atoms with E-state index in [-0.39, 0.29) is 0 Å². The third-order valence-corrected chi connectivity index (χ3v) is 2.47. The van der Waals surface area contributed by atoms with Gasteiger partial charge in [0.25, 0.3) is 0 Å². The Bertz CT molecular complexity index is 347. The van der Waals surface area contributed by atoms with E-state index in [0.717, 1.165) is 11.1 Å². The molecule has 1 atom stereocenters. The molecule has 76 valence electrons. The Morgan fingerprint density at radius 2 is 2.14 bits per heavy atom. The number of hydrogen-bond acceptors (Lipinski definition) is 2. The van der Waals surface area contributed by atoms with Crippen LogP contribution in [0.2, 0.25) is 0 Å². The predicted molar refractivity (Wildman–Crippen MR) is 55.2 cm³/mol. The molecule has 0 heterocycles. The molecule has 0 radical (unpaired) electrons. The maximum Gasteiger partial charge on any atom is 0.320 e. The van der Waals surface area contributed by atoms with E-state index in [2.05, 4.69) is 0 Å². The maximum atomic E-state index is 10.6. The first kappa shape index (κ1) is 10.7. The van der Waals surface area contributed by atoms with Crippen molar-refractivity contribution < 1.29 is 9.90 Å². The highest BCUT2D eigenvalue weighted by Crippen LogP contribution is 2.13. The second-order valence-corrected chi connectivity index (χ2v) is 3.51. The summed E-state index contributed by atoms with van der Waals surface area (Å²) in [4.78, 5) is 10.6. The van der Waals surface area contributed by atoms with Gasteiger partial charge in [-0.1, -0.05) is 18.2 Å². The van der Waals surface area contributed by atoms with Gasteiger partial charge in [0.05, 0.1) is 0 Å². The average molecular weight is 193 g/mol. The van der Waals surface area contributed by atoms with Crippen molar-refractivity contribution >= 4 is 5.97 Å². The highest BCUT2D eigenvalue weighted by molar-refractivity contribution is 5.73. The van der Waals surface area contributed by atoms with Crippen LogP contribution in [0.5, 0.6) is 0 Å². The maximum absolute atomic E-state index is 10.6. The van der Waals surface area contributed by atoms with Crippen molar-refractivity contribution in [3.05, 3.63) is 34.9 Å². The molecule has 3 N–H and O–H groups in total. The average Bonchev–Trinajstić information content (AvgIpc) is 2.12. The molecule has 1 rings (SSSR count). The van der Waals surface area contributed by atoms with Crippen molar-refractivity contribution in [2.45, 2.75) is 26.3 Å². The summed E-state index contributed by atoms with van der Waals surface area (Å²) in [6, 6.07) is 5.04. The van der Waals surface area contributed by atoms with E-state index in [1.807, 2.05) is 32.0 Å². The van der Waals surface area contributed by atoms with E-state index >= 15 is 0 Å². The van der Waals surface area contributed by atoms with Gasteiger partial charge in [-0.2, -0.15) is 0 Å². The molecule has 1 aromatic rings. The standard InChI is InChI=1S/C11H15NO2/c1-7-4-3-5-9(8(7)2)6-10(12)11(13)14/h3-5,10H,6,12H2,1-2H3,(H,13,14)/t10-/m0/s1. The van der Waals surface area contributed by atoms with Gasteiger partial charge in [-0.15, -0.1) is 0 Å². The minimum absolute atomic E-state index is 0.392. The van der Waals surface area contributed by atoms with Crippen LogP contribution in [0.1, 0.15) is 16.7 Å². The molecule has 3 heteroatoms. The third kappa shape index (κ3) is 2.33. The van der Waals surface area contributed by atoms with Crippen LogP contribution in [0.4, 0.5) is 0 Å². The molecule has 3 nitrogen and oxygen atoms in total. The quantitative estimate of drug-likeness (QED) is 0.759. The second-order valence-electron chi connectivity index (χ2n) is 3.51. The normalized spacial score (nSPS) is 12.5. The van der Waals surface area contributed by atoms with Crippen molar-refractivity contribution in [3.63, 3.8) is 0 Å². The lowest BCUT2D eigenvalue weighted by molar-refractivity contribution is -0.138. The molecule has 0 saturated carbocycles. The van der Waals surface area contributed by atoms with Crippen molar-refractivity contribution in [1.82, 2.24) is 0 Å². The van der Waals surface area contributed by atoms with Crippen LogP contribution in [-0.2, 0) is 11.2 Å². The van der Waals surface area contributed by atoms with E-state index in [1.165, 1.54) is 5.56 Å². The van der Waals surface area contributed by atoms with E-state index < -0.39 is 12.0 Å². The molecule has 1 aromatic carbocycles. The predicted octanol–water partition coefficient (Wildman–Crippen LogP) is 1.26. The Kier molecular flexibility index (Phi) is 3.25. The van der Waals surface area contributed by atoms with Crippen molar-refractivity contribution in [2.75, 3.05) is 0 Å². The van der Waals surface area contributed by atoms with E-state index in [0.29, 0.717) is 6.42 Å². The van der Waals surface area contributed by atoms with Crippen LogP contribution < -0.4 is 5.73 Å². The topological polar surface area (TPSA) is 63.3 Å². The third-order valence-electron chi connectivity index (χ3n) is 2.47. The number of hydrogen-bond donors (Lipinski definition) is 2. The van der Waals surface area contributed by atoms with Gasteiger partial charge in [0.2, 0.25) is 0 Å². The molecule has 0 unspecified atom stereocenters. The van der Waals surface area contributed by atoms with Gasteiger partial charge in [-0.05, 0) is 37.0 Å². The van der Waals surface area contributed by atoms with Gasteiger partial charge in [-0.3, -0.25) is 4.79 Å². The Morgan fingerprint density at radius 3 is 2.71 bits per heavy atom. The first-order valence-electron chi connectivity index (χ1n) is 4.56. The fourth-order valence-electron chi connectivity index (χ4n) is 1.36. The zero-order valence-corrected chi connectivity index (χ0v) is 8.45. The molecule has 14 heavy (non-hydrogen) atoms. The first-order chi connectivity index (χ1) is 6.52. The summed E-state index contributed by atoms with van der Waals surface area (Å²) >= 11 is 0. The van der Waals surface area contributed by atoms with Gasteiger partial charge in [-0.25, -0.2) is 0 Å². The molecule has 0 saturated heterocycles. The molecular formula is C11H15NO2. The number of aliphatic carboxylic acids is 1. The molecule has 0 amide bonds. The van der Waals surface area contributed by atoms with Gasteiger partial charge in [0, 0.05) is 0 Å². The summed E-state index contributed by atoms with van der Waals surface area (Å²) < 4.78 is 0. The van der Waals surface area contributed by atoms with Crippen molar-refractivity contribution in [3.8, 4) is 0 Å². The molecule has 0 spiro atoms. The van der Waals surface area contributed by atoms with Gasteiger partial charge in [0.15, 0.2) is 0 Å². The van der Waals surface area contributed by atoms with Crippen LogP contribution in [0.3, 0.4) is 0 Å². The van der Waals surface area contributed by atoms with E-state index in [1.54, 1.807) is 0 Å². The van der Waals surface area contributed by atoms with Crippen molar-refractivity contribution in [1.29, 1.82) is 0 Å². The Hall–Kier alpha value is -1.35. The van der Waals surface area contributed by atoms with Crippen molar-refractivity contribution in [2.24, 2.45) is 5.73 Å². The summed E-state index contributed by atoms with van der Waals surface area (Å²) in [7, 11) is 0. The highest BCUT2D eigenvalue weighted by atomic mass is 16.4. The van der Waals surface area contributed by atoms with Crippen LogP contribution in [0, 0.1) is 13.8 Å². The largest absolute Gasteiger partial charge is 0.480 e. The summed E-state index contributed by atoms with van der Waals surface area (Å²) in [6.07, 6.45) is 0.392. The Labute approximate surface area is 83.6 Å². The fourth-order valence-corrected chi connectivity index (χ4v) is 1.36. The minimum Gasteiger partial charge on any atom is -0.480 e. The highest BCUT2D eigenvalue weighted by Gasteiger charge is 2.13. The van der Waals surface area contributed by atoms with Gasteiger partial charge >= 0.3 is 5.97 Å². The smallest absolute Gasteiger partial charge is 0.320 e. The zero-order chi connectivity index (χ0) is 10.7. The molecule has 0 aliphatic carbocycles. The van der Waals surface area contributed by atoms with Gasteiger partial charge in [0.1, 0.15) is 6.04 Å². The molecule has 0 fully saturated rings. The van der Waals surface area contributed by atoms with Crippen LogP contribution in [-0.4, -0.2) is 17.1 Å². The number of benzene rings is 1. The fraction of sp³-hybridized carbons (Fsp3) is 0.364. The monoisotopic (exact) mass is 193 g/mol. The molecule has 0 aliphatic heterocycles.